The highest BCUT2D eigenvalue weighted by molar-refractivity contribution is 6.31. The number of benzene rings is 2. The maximum absolute atomic E-state index is 14.0. The van der Waals surface area contributed by atoms with Crippen molar-refractivity contribution < 1.29 is 28.4 Å². The van der Waals surface area contributed by atoms with Crippen molar-refractivity contribution in [1.82, 2.24) is 0 Å². The summed E-state index contributed by atoms with van der Waals surface area (Å²) in [4.78, 5) is 45.2. The molecule has 0 atom stereocenters. The first kappa shape index (κ1) is 20.0. The average molecular weight is 395 g/mol. The monoisotopic (exact) mass is 394 g/mol. The molecule has 0 heterocycles. The average Bonchev–Trinajstić information content (AvgIpc) is 2.58. The van der Waals surface area contributed by atoms with Crippen molar-refractivity contribution in [2.75, 3.05) is 11.9 Å². The first-order chi connectivity index (χ1) is 12.7. The molecule has 0 spiro atoms. The summed E-state index contributed by atoms with van der Waals surface area (Å²) in [6.07, 6.45) is 0. The van der Waals surface area contributed by atoms with E-state index in [9.17, 15) is 28.9 Å². The molecule has 0 radical (unpaired) electrons. The van der Waals surface area contributed by atoms with Gasteiger partial charge in [-0.3, -0.25) is 19.7 Å². The zero-order valence-electron chi connectivity index (χ0n) is 13.8. The van der Waals surface area contributed by atoms with Crippen molar-refractivity contribution in [1.29, 1.82) is 0 Å². The molecule has 0 saturated carbocycles. The molecule has 140 valence electrons. The summed E-state index contributed by atoms with van der Waals surface area (Å²) >= 11 is 5.66. The van der Waals surface area contributed by atoms with Gasteiger partial charge >= 0.3 is 5.97 Å². The molecule has 0 bridgehead atoms. The van der Waals surface area contributed by atoms with Crippen LogP contribution in [0.2, 0.25) is 5.02 Å². The Morgan fingerprint density at radius 3 is 2.44 bits per heavy atom. The molecule has 0 aromatic heterocycles. The van der Waals surface area contributed by atoms with Crippen LogP contribution in [0.5, 0.6) is 0 Å². The number of anilines is 1. The summed E-state index contributed by atoms with van der Waals surface area (Å²) in [6.45, 7) is 0.418. The minimum atomic E-state index is -1.12. The van der Waals surface area contributed by atoms with Crippen LogP contribution >= 0.6 is 11.6 Å². The number of hydrogen-bond donors (Lipinski definition) is 1. The van der Waals surface area contributed by atoms with Gasteiger partial charge < -0.3 is 10.1 Å². The number of nitrogens with zero attached hydrogens (tertiary/aromatic N) is 1. The van der Waals surface area contributed by atoms with Gasteiger partial charge in [0.1, 0.15) is 11.4 Å². The highest BCUT2D eigenvalue weighted by Crippen LogP contribution is 2.24. The van der Waals surface area contributed by atoms with E-state index in [0.29, 0.717) is 0 Å². The lowest BCUT2D eigenvalue weighted by Gasteiger charge is -2.07. The largest absolute Gasteiger partial charge is 0.454 e. The van der Waals surface area contributed by atoms with E-state index < -0.39 is 46.3 Å². The highest BCUT2D eigenvalue weighted by atomic mass is 35.5. The second kappa shape index (κ2) is 8.37. The number of ketones is 1. The molecular weight excluding hydrogens is 383 g/mol. The molecule has 0 fully saturated rings. The topological polar surface area (TPSA) is 116 Å². The van der Waals surface area contributed by atoms with Crippen LogP contribution in [0.4, 0.5) is 15.8 Å². The van der Waals surface area contributed by atoms with Gasteiger partial charge in [0.15, 0.2) is 6.61 Å². The number of nitro benzene ring substituents is 1. The number of carbonyl (C=O) groups is 3. The lowest BCUT2D eigenvalue weighted by Crippen LogP contribution is -2.16. The fourth-order valence-electron chi connectivity index (χ4n) is 2.14. The Morgan fingerprint density at radius 2 is 1.85 bits per heavy atom. The van der Waals surface area contributed by atoms with Crippen molar-refractivity contribution in [3.63, 3.8) is 0 Å². The van der Waals surface area contributed by atoms with Crippen molar-refractivity contribution in [2.24, 2.45) is 0 Å². The summed E-state index contributed by atoms with van der Waals surface area (Å²) in [6, 6.07) is 6.70. The second-order valence-electron chi connectivity index (χ2n) is 5.29. The first-order valence-electron chi connectivity index (χ1n) is 7.40. The van der Waals surface area contributed by atoms with Crippen molar-refractivity contribution in [2.45, 2.75) is 6.92 Å². The lowest BCUT2D eigenvalue weighted by molar-refractivity contribution is -0.385. The van der Waals surface area contributed by atoms with Crippen LogP contribution in [-0.2, 0) is 9.53 Å². The van der Waals surface area contributed by atoms with E-state index in [1.807, 2.05) is 0 Å². The van der Waals surface area contributed by atoms with Crippen molar-refractivity contribution >= 4 is 40.6 Å². The maximum atomic E-state index is 14.0. The van der Waals surface area contributed by atoms with Gasteiger partial charge in [0.2, 0.25) is 11.7 Å². The van der Waals surface area contributed by atoms with Crippen molar-refractivity contribution in [3.8, 4) is 0 Å². The van der Waals surface area contributed by atoms with Gasteiger partial charge in [-0.15, -0.1) is 0 Å². The molecule has 0 saturated heterocycles. The van der Waals surface area contributed by atoms with Crippen LogP contribution in [0.1, 0.15) is 27.6 Å². The SMILES string of the molecule is CC(=O)Nc1ccc(C(=O)COC(=O)c2ccc(Cl)cc2[N+](=O)[O-])c(F)c1. The normalized spacial score (nSPS) is 10.2. The number of hydrogen-bond acceptors (Lipinski definition) is 6. The Kier molecular flexibility index (Phi) is 6.19. The van der Waals surface area contributed by atoms with Crippen LogP contribution in [0.25, 0.3) is 0 Å². The van der Waals surface area contributed by atoms with Crippen LogP contribution in [0, 0.1) is 15.9 Å². The van der Waals surface area contributed by atoms with Gasteiger partial charge in [-0.1, -0.05) is 11.6 Å². The smallest absolute Gasteiger partial charge is 0.345 e. The molecule has 0 aliphatic rings. The minimum absolute atomic E-state index is 0.0515. The quantitative estimate of drug-likeness (QED) is 0.347. The highest BCUT2D eigenvalue weighted by Gasteiger charge is 2.23. The Morgan fingerprint density at radius 1 is 1.19 bits per heavy atom. The van der Waals surface area contributed by atoms with E-state index in [2.05, 4.69) is 5.32 Å². The van der Waals surface area contributed by atoms with Gasteiger partial charge in [0.25, 0.3) is 5.69 Å². The standard InChI is InChI=1S/C17H12ClFN2O6/c1-9(22)20-11-3-5-12(14(19)7-11)16(23)8-27-17(24)13-4-2-10(18)6-15(13)21(25)26/h2-7H,8H2,1H3,(H,20,22). The predicted octanol–water partition coefficient (Wildman–Crippen LogP) is 3.39. The Hall–Kier alpha value is -3.33. The van der Waals surface area contributed by atoms with E-state index >= 15 is 0 Å². The summed E-state index contributed by atoms with van der Waals surface area (Å²) in [5, 5.41) is 13.4. The van der Waals surface area contributed by atoms with Gasteiger partial charge in [0.05, 0.1) is 10.5 Å². The molecule has 0 aliphatic heterocycles. The van der Waals surface area contributed by atoms with Crippen LogP contribution in [0.15, 0.2) is 36.4 Å². The van der Waals surface area contributed by atoms with E-state index in [4.69, 9.17) is 16.3 Å². The molecule has 10 heteroatoms. The van der Waals surface area contributed by atoms with Crippen molar-refractivity contribution in [3.05, 3.63) is 68.5 Å². The van der Waals surface area contributed by atoms with Gasteiger partial charge in [-0.2, -0.15) is 0 Å². The number of esters is 1. The molecule has 1 amide bonds. The number of carbonyl (C=O) groups excluding carboxylic acids is 3. The number of amides is 1. The molecule has 2 aromatic rings. The predicted molar refractivity (Wildman–Crippen MR) is 93.4 cm³/mol. The Labute approximate surface area is 157 Å². The molecule has 8 nitrogen and oxygen atoms in total. The fraction of sp³-hybridized carbons (Fsp3) is 0.118. The van der Waals surface area contributed by atoms with E-state index in [0.717, 1.165) is 24.3 Å². The lowest BCUT2D eigenvalue weighted by atomic mass is 10.1. The van der Waals surface area contributed by atoms with E-state index in [1.54, 1.807) is 0 Å². The Balaban J connectivity index is 2.11. The molecular formula is C17H12ClFN2O6. The van der Waals surface area contributed by atoms with Gasteiger partial charge in [-0.25, -0.2) is 9.18 Å². The maximum Gasteiger partial charge on any atom is 0.345 e. The third kappa shape index (κ3) is 5.08. The second-order valence-corrected chi connectivity index (χ2v) is 5.73. The molecule has 0 unspecified atom stereocenters. The van der Waals surface area contributed by atoms with E-state index in [-0.39, 0.29) is 16.3 Å². The third-order valence-corrected chi connectivity index (χ3v) is 3.54. The van der Waals surface area contributed by atoms with Gasteiger partial charge in [-0.05, 0) is 30.3 Å². The Bertz CT molecular complexity index is 947. The fourth-order valence-corrected chi connectivity index (χ4v) is 2.30. The molecule has 2 aromatic carbocycles. The number of ether oxygens (including phenoxy) is 1. The molecule has 2 rings (SSSR count). The zero-order valence-corrected chi connectivity index (χ0v) is 14.6. The third-order valence-electron chi connectivity index (χ3n) is 3.30. The van der Waals surface area contributed by atoms with E-state index in [1.165, 1.54) is 19.1 Å². The summed E-state index contributed by atoms with van der Waals surface area (Å²) in [5.41, 5.74) is -1.17. The number of halogens is 2. The number of nitro groups is 1. The summed E-state index contributed by atoms with van der Waals surface area (Å²) in [7, 11) is 0. The molecule has 1 N–H and O–H groups in total. The molecule has 27 heavy (non-hydrogen) atoms. The molecule has 0 aliphatic carbocycles. The number of Topliss-reactive ketones (excluding diaryl/α,β-unsaturated/α-hetero) is 1. The zero-order chi connectivity index (χ0) is 20.1. The van der Waals surface area contributed by atoms with Crippen LogP contribution < -0.4 is 5.32 Å². The first-order valence-corrected chi connectivity index (χ1v) is 7.78. The minimum Gasteiger partial charge on any atom is -0.454 e. The van der Waals surface area contributed by atoms with Gasteiger partial charge in [0, 0.05) is 23.7 Å². The number of rotatable bonds is 6. The van der Waals surface area contributed by atoms with Crippen LogP contribution in [0.3, 0.4) is 0 Å². The van der Waals surface area contributed by atoms with Crippen LogP contribution in [-0.4, -0.2) is 29.2 Å². The summed E-state index contributed by atoms with van der Waals surface area (Å²) < 4.78 is 18.7. The number of nitrogens with one attached hydrogen (secondary N) is 1. The summed E-state index contributed by atoms with van der Waals surface area (Å²) in [5.74, 6) is -3.31.